The van der Waals surface area contributed by atoms with Crippen LogP contribution < -0.4 is 0 Å². The third-order valence-corrected chi connectivity index (χ3v) is 1.93. The van der Waals surface area contributed by atoms with Gasteiger partial charge in [-0.1, -0.05) is 6.07 Å². The standard InChI is InChI=1S/C11H17NO3/c1-12(2)8-15-7-9-3-4-11(14)10(5-9)6-13/h3-5,13-14H,6-8H2,1-2H3. The van der Waals surface area contributed by atoms with E-state index < -0.39 is 0 Å². The summed E-state index contributed by atoms with van der Waals surface area (Å²) in [5, 5.41) is 18.3. The minimum absolute atomic E-state index is 0.119. The Labute approximate surface area is 89.7 Å². The normalized spacial score (nSPS) is 10.9. The highest BCUT2D eigenvalue weighted by Gasteiger charge is 2.01. The van der Waals surface area contributed by atoms with Crippen LogP contribution in [0.4, 0.5) is 0 Å². The zero-order chi connectivity index (χ0) is 11.3. The van der Waals surface area contributed by atoms with E-state index >= 15 is 0 Å². The number of aliphatic hydroxyl groups excluding tert-OH is 1. The number of ether oxygens (including phenoxy) is 1. The Balaban J connectivity index is 2.54. The fourth-order valence-electron chi connectivity index (χ4n) is 1.20. The van der Waals surface area contributed by atoms with Gasteiger partial charge in [0.15, 0.2) is 0 Å². The average molecular weight is 211 g/mol. The van der Waals surface area contributed by atoms with Crippen LogP contribution in [0.3, 0.4) is 0 Å². The largest absolute Gasteiger partial charge is 0.508 e. The smallest absolute Gasteiger partial charge is 0.121 e. The summed E-state index contributed by atoms with van der Waals surface area (Å²) in [4.78, 5) is 1.92. The Kier molecular flexibility index (Phi) is 4.55. The summed E-state index contributed by atoms with van der Waals surface area (Å²) < 4.78 is 5.38. The van der Waals surface area contributed by atoms with Gasteiger partial charge in [-0.05, 0) is 31.8 Å². The molecule has 0 saturated carbocycles. The predicted molar refractivity (Wildman–Crippen MR) is 57.4 cm³/mol. The van der Waals surface area contributed by atoms with E-state index in [2.05, 4.69) is 0 Å². The van der Waals surface area contributed by atoms with E-state index in [-0.39, 0.29) is 12.4 Å². The van der Waals surface area contributed by atoms with Gasteiger partial charge >= 0.3 is 0 Å². The van der Waals surface area contributed by atoms with E-state index in [9.17, 15) is 5.11 Å². The van der Waals surface area contributed by atoms with E-state index in [4.69, 9.17) is 9.84 Å². The van der Waals surface area contributed by atoms with Crippen LogP contribution in [0, 0.1) is 0 Å². The van der Waals surface area contributed by atoms with Crippen LogP contribution >= 0.6 is 0 Å². The molecule has 4 heteroatoms. The maximum Gasteiger partial charge on any atom is 0.121 e. The van der Waals surface area contributed by atoms with E-state index in [1.165, 1.54) is 0 Å². The van der Waals surface area contributed by atoms with Gasteiger partial charge in [0.05, 0.1) is 19.9 Å². The van der Waals surface area contributed by atoms with Crippen LogP contribution in [0.5, 0.6) is 5.75 Å². The molecule has 4 nitrogen and oxygen atoms in total. The van der Waals surface area contributed by atoms with Crippen molar-refractivity contribution in [1.29, 1.82) is 0 Å². The highest BCUT2D eigenvalue weighted by molar-refractivity contribution is 5.35. The van der Waals surface area contributed by atoms with Crippen molar-refractivity contribution in [3.05, 3.63) is 29.3 Å². The third kappa shape index (κ3) is 3.87. The Morgan fingerprint density at radius 2 is 2.07 bits per heavy atom. The Bertz CT molecular complexity index is 313. The monoisotopic (exact) mass is 211 g/mol. The van der Waals surface area contributed by atoms with Gasteiger partial charge < -0.3 is 14.9 Å². The lowest BCUT2D eigenvalue weighted by Gasteiger charge is -2.11. The van der Waals surface area contributed by atoms with Crippen molar-refractivity contribution in [2.24, 2.45) is 0 Å². The second-order valence-corrected chi connectivity index (χ2v) is 3.68. The number of hydrogen-bond acceptors (Lipinski definition) is 4. The van der Waals surface area contributed by atoms with Crippen molar-refractivity contribution < 1.29 is 14.9 Å². The quantitative estimate of drug-likeness (QED) is 0.711. The molecule has 0 fully saturated rings. The van der Waals surface area contributed by atoms with Crippen LogP contribution in [-0.4, -0.2) is 35.9 Å². The fourth-order valence-corrected chi connectivity index (χ4v) is 1.20. The molecule has 0 heterocycles. The zero-order valence-electron chi connectivity index (χ0n) is 9.10. The summed E-state index contributed by atoms with van der Waals surface area (Å²) >= 11 is 0. The van der Waals surface area contributed by atoms with Gasteiger partial charge in [0, 0.05) is 5.56 Å². The molecule has 1 aromatic rings. The summed E-state index contributed by atoms with van der Waals surface area (Å²) in [6, 6.07) is 5.09. The Morgan fingerprint density at radius 1 is 1.33 bits per heavy atom. The number of aliphatic hydroxyl groups is 1. The minimum atomic E-state index is -0.159. The topological polar surface area (TPSA) is 52.9 Å². The number of aromatic hydroxyl groups is 1. The number of nitrogens with zero attached hydrogens (tertiary/aromatic N) is 1. The van der Waals surface area contributed by atoms with Gasteiger partial charge in [-0.25, -0.2) is 0 Å². The number of benzene rings is 1. The van der Waals surface area contributed by atoms with Crippen molar-refractivity contribution in [1.82, 2.24) is 4.90 Å². The summed E-state index contributed by atoms with van der Waals surface area (Å²) in [7, 11) is 3.85. The summed E-state index contributed by atoms with van der Waals surface area (Å²) in [5.41, 5.74) is 1.47. The first kappa shape index (κ1) is 12.0. The van der Waals surface area contributed by atoms with Gasteiger partial charge in [-0.2, -0.15) is 0 Å². The Morgan fingerprint density at radius 3 is 2.67 bits per heavy atom. The van der Waals surface area contributed by atoms with Crippen LogP contribution in [-0.2, 0) is 18.0 Å². The first-order chi connectivity index (χ1) is 7.13. The molecule has 0 unspecified atom stereocenters. The third-order valence-electron chi connectivity index (χ3n) is 1.93. The summed E-state index contributed by atoms with van der Waals surface area (Å²) in [5.74, 6) is 0.119. The molecule has 0 aromatic heterocycles. The maximum atomic E-state index is 9.34. The lowest BCUT2D eigenvalue weighted by atomic mass is 10.1. The van der Waals surface area contributed by atoms with Gasteiger partial charge in [-0.3, -0.25) is 4.90 Å². The van der Waals surface area contributed by atoms with Gasteiger partial charge in [0.25, 0.3) is 0 Å². The number of rotatable bonds is 5. The van der Waals surface area contributed by atoms with Crippen LogP contribution in [0.1, 0.15) is 11.1 Å². The minimum Gasteiger partial charge on any atom is -0.508 e. The van der Waals surface area contributed by atoms with Crippen LogP contribution in [0.25, 0.3) is 0 Å². The lowest BCUT2D eigenvalue weighted by Crippen LogP contribution is -2.15. The molecule has 2 N–H and O–H groups in total. The molecule has 0 aliphatic heterocycles. The maximum absolute atomic E-state index is 9.34. The molecule has 0 saturated heterocycles. The predicted octanol–water partition coefficient (Wildman–Crippen LogP) is 0.920. The van der Waals surface area contributed by atoms with Gasteiger partial charge in [0.2, 0.25) is 0 Å². The van der Waals surface area contributed by atoms with E-state index in [1.54, 1.807) is 18.2 Å². The molecular weight excluding hydrogens is 194 g/mol. The van der Waals surface area contributed by atoms with Crippen LogP contribution in [0.2, 0.25) is 0 Å². The molecule has 0 amide bonds. The van der Waals surface area contributed by atoms with Gasteiger partial charge in [-0.15, -0.1) is 0 Å². The second-order valence-electron chi connectivity index (χ2n) is 3.68. The molecule has 0 aliphatic carbocycles. The van der Waals surface area contributed by atoms with Crippen LogP contribution in [0.15, 0.2) is 18.2 Å². The highest BCUT2D eigenvalue weighted by Crippen LogP contribution is 2.18. The molecule has 1 aromatic carbocycles. The number of hydrogen-bond donors (Lipinski definition) is 2. The zero-order valence-corrected chi connectivity index (χ0v) is 9.10. The number of phenols is 1. The van der Waals surface area contributed by atoms with Crippen molar-refractivity contribution >= 4 is 0 Å². The van der Waals surface area contributed by atoms with E-state index in [1.807, 2.05) is 19.0 Å². The fraction of sp³-hybridized carbons (Fsp3) is 0.455. The van der Waals surface area contributed by atoms with Crippen molar-refractivity contribution in [3.8, 4) is 5.75 Å². The molecular formula is C11H17NO3. The van der Waals surface area contributed by atoms with Crippen molar-refractivity contribution in [2.75, 3.05) is 20.8 Å². The SMILES string of the molecule is CN(C)COCc1ccc(O)c(CO)c1. The first-order valence-corrected chi connectivity index (χ1v) is 4.77. The van der Waals surface area contributed by atoms with Crippen molar-refractivity contribution in [2.45, 2.75) is 13.2 Å². The summed E-state index contributed by atoms with van der Waals surface area (Å²) in [6.45, 7) is 0.869. The lowest BCUT2D eigenvalue weighted by molar-refractivity contribution is 0.0450. The highest BCUT2D eigenvalue weighted by atomic mass is 16.5. The molecule has 0 atom stereocenters. The molecule has 1 rings (SSSR count). The van der Waals surface area contributed by atoms with Gasteiger partial charge in [0.1, 0.15) is 5.75 Å². The molecule has 0 aliphatic rings. The van der Waals surface area contributed by atoms with E-state index in [0.29, 0.717) is 18.9 Å². The molecule has 0 radical (unpaired) electrons. The molecule has 84 valence electrons. The summed E-state index contributed by atoms with van der Waals surface area (Å²) in [6.07, 6.45) is 0. The van der Waals surface area contributed by atoms with Crippen molar-refractivity contribution in [3.63, 3.8) is 0 Å². The molecule has 0 spiro atoms. The molecule has 0 bridgehead atoms. The second kappa shape index (κ2) is 5.70. The molecule has 15 heavy (non-hydrogen) atoms. The Hall–Kier alpha value is -1.10. The first-order valence-electron chi connectivity index (χ1n) is 4.77. The average Bonchev–Trinajstić information content (AvgIpc) is 2.20. The van der Waals surface area contributed by atoms with E-state index in [0.717, 1.165) is 5.56 Å².